The van der Waals surface area contributed by atoms with Crippen LogP contribution in [0.2, 0.25) is 0 Å². The summed E-state index contributed by atoms with van der Waals surface area (Å²) < 4.78 is 65.1. The van der Waals surface area contributed by atoms with Gasteiger partial charge >= 0.3 is 0 Å². The molecule has 13 heteroatoms. The van der Waals surface area contributed by atoms with Crippen LogP contribution in [-0.4, -0.2) is 36.8 Å². The number of hydrogen-bond donors (Lipinski definition) is 3. The van der Waals surface area contributed by atoms with Crippen LogP contribution in [0, 0.1) is 10.1 Å². The quantitative estimate of drug-likeness (QED) is 0.261. The van der Waals surface area contributed by atoms with Crippen molar-refractivity contribution < 1.29 is 35.7 Å². The second-order valence-electron chi connectivity index (χ2n) is 5.70. The molecule has 0 aliphatic heterocycles. The van der Waals surface area contributed by atoms with Gasteiger partial charge in [0.1, 0.15) is 9.79 Å². The first kappa shape index (κ1) is 22.2. The SMILES string of the molecule is CC(=O)Nc1ccc(C=Cc2ccc([N+](=O)[O-])cc2S(=O)(=O)O)c(S(=O)(=O)O)c1. The van der Waals surface area contributed by atoms with Crippen LogP contribution >= 0.6 is 0 Å². The van der Waals surface area contributed by atoms with E-state index in [0.717, 1.165) is 30.4 Å². The molecule has 3 N–H and O–H groups in total. The molecule has 0 bridgehead atoms. The largest absolute Gasteiger partial charge is 0.326 e. The molecule has 0 saturated carbocycles. The van der Waals surface area contributed by atoms with Crippen molar-refractivity contribution in [3.05, 3.63) is 57.6 Å². The predicted molar refractivity (Wildman–Crippen MR) is 102 cm³/mol. The summed E-state index contributed by atoms with van der Waals surface area (Å²) in [6.45, 7) is 1.20. The van der Waals surface area contributed by atoms with E-state index in [1.165, 1.54) is 19.1 Å². The number of nitrogens with one attached hydrogen (secondary N) is 1. The number of amides is 1. The number of carbonyl (C=O) groups excluding carboxylic acids is 1. The maximum absolute atomic E-state index is 11.6. The van der Waals surface area contributed by atoms with E-state index in [1.54, 1.807) is 0 Å². The molecule has 0 unspecified atom stereocenters. The molecule has 2 aromatic carbocycles. The van der Waals surface area contributed by atoms with Crippen LogP contribution in [0.3, 0.4) is 0 Å². The third-order valence-corrected chi connectivity index (χ3v) is 5.36. The van der Waals surface area contributed by atoms with Gasteiger partial charge in [0.05, 0.1) is 4.92 Å². The summed E-state index contributed by atoms with van der Waals surface area (Å²) in [5, 5.41) is 13.2. The van der Waals surface area contributed by atoms with E-state index in [-0.39, 0.29) is 16.8 Å². The monoisotopic (exact) mass is 442 g/mol. The first-order chi connectivity index (χ1) is 13.3. The van der Waals surface area contributed by atoms with Crippen LogP contribution in [0.1, 0.15) is 18.1 Å². The Morgan fingerprint density at radius 3 is 1.90 bits per heavy atom. The average molecular weight is 442 g/mol. The fourth-order valence-electron chi connectivity index (χ4n) is 2.35. The van der Waals surface area contributed by atoms with Gasteiger partial charge < -0.3 is 5.32 Å². The van der Waals surface area contributed by atoms with Crippen molar-refractivity contribution in [2.24, 2.45) is 0 Å². The summed E-state index contributed by atoms with van der Waals surface area (Å²) in [7, 11) is -9.54. The highest BCUT2D eigenvalue weighted by molar-refractivity contribution is 7.86. The maximum Gasteiger partial charge on any atom is 0.295 e. The highest BCUT2D eigenvalue weighted by Gasteiger charge is 2.20. The molecule has 2 rings (SSSR count). The van der Waals surface area contributed by atoms with Gasteiger partial charge in [-0.05, 0) is 29.3 Å². The van der Waals surface area contributed by atoms with Crippen molar-refractivity contribution in [1.82, 2.24) is 0 Å². The third kappa shape index (κ3) is 5.68. The van der Waals surface area contributed by atoms with Gasteiger partial charge in [0, 0.05) is 24.7 Å². The molecular weight excluding hydrogens is 428 g/mol. The Morgan fingerprint density at radius 2 is 1.45 bits per heavy atom. The number of rotatable bonds is 6. The van der Waals surface area contributed by atoms with Crippen molar-refractivity contribution in [2.45, 2.75) is 16.7 Å². The zero-order valence-electron chi connectivity index (χ0n) is 14.6. The fourth-order valence-corrected chi connectivity index (χ4v) is 3.77. The summed E-state index contributed by atoms with van der Waals surface area (Å²) in [4.78, 5) is 19.8. The van der Waals surface area contributed by atoms with Crippen LogP contribution < -0.4 is 5.32 Å². The topological polar surface area (TPSA) is 181 Å². The first-order valence-electron chi connectivity index (χ1n) is 7.62. The van der Waals surface area contributed by atoms with E-state index in [1.807, 2.05) is 0 Å². The van der Waals surface area contributed by atoms with E-state index in [2.05, 4.69) is 5.32 Å². The Kier molecular flexibility index (Phi) is 6.18. The van der Waals surface area contributed by atoms with Crippen molar-refractivity contribution >= 4 is 49.7 Å². The highest BCUT2D eigenvalue weighted by atomic mass is 32.2. The molecule has 11 nitrogen and oxygen atoms in total. The molecule has 0 aliphatic carbocycles. The van der Waals surface area contributed by atoms with Crippen molar-refractivity contribution in [2.75, 3.05) is 5.32 Å². The van der Waals surface area contributed by atoms with E-state index < -0.39 is 46.5 Å². The van der Waals surface area contributed by atoms with Gasteiger partial charge in [0.2, 0.25) is 5.91 Å². The van der Waals surface area contributed by atoms with Crippen LogP contribution in [-0.2, 0) is 25.0 Å². The number of nitro groups is 1. The molecule has 29 heavy (non-hydrogen) atoms. The first-order valence-corrected chi connectivity index (χ1v) is 10.5. The van der Waals surface area contributed by atoms with E-state index in [9.17, 15) is 40.8 Å². The Morgan fingerprint density at radius 1 is 0.966 bits per heavy atom. The molecule has 0 radical (unpaired) electrons. The molecule has 0 aromatic heterocycles. The van der Waals surface area contributed by atoms with Crippen LogP contribution in [0.15, 0.2) is 46.2 Å². The van der Waals surface area contributed by atoms with Gasteiger partial charge in [0.15, 0.2) is 0 Å². The van der Waals surface area contributed by atoms with Crippen molar-refractivity contribution in [3.8, 4) is 0 Å². The van der Waals surface area contributed by atoms with Gasteiger partial charge in [-0.1, -0.05) is 18.2 Å². The van der Waals surface area contributed by atoms with Gasteiger partial charge in [-0.2, -0.15) is 16.8 Å². The molecule has 0 saturated heterocycles. The minimum absolute atomic E-state index is 0.0683. The molecule has 2 aromatic rings. The number of hydrogen-bond acceptors (Lipinski definition) is 7. The Bertz CT molecular complexity index is 1230. The molecular formula is C16H14N2O9S2. The fraction of sp³-hybridized carbons (Fsp3) is 0.0625. The summed E-state index contributed by atoms with van der Waals surface area (Å²) in [5.41, 5.74) is -0.712. The Balaban J connectivity index is 2.59. The summed E-state index contributed by atoms with van der Waals surface area (Å²) in [6, 6.07) is 6.28. The highest BCUT2D eigenvalue weighted by Crippen LogP contribution is 2.26. The normalized spacial score (nSPS) is 12.1. The number of nitro benzene ring substituents is 1. The molecule has 0 heterocycles. The molecule has 1 amide bonds. The lowest BCUT2D eigenvalue weighted by Gasteiger charge is -2.08. The number of non-ortho nitro benzene ring substituents is 1. The summed E-state index contributed by atoms with van der Waals surface area (Å²) in [6.07, 6.45) is 2.21. The third-order valence-electron chi connectivity index (χ3n) is 3.54. The maximum atomic E-state index is 11.6. The lowest BCUT2D eigenvalue weighted by molar-refractivity contribution is -0.385. The smallest absolute Gasteiger partial charge is 0.295 e. The Hall–Kier alpha value is -3.13. The number of benzene rings is 2. The molecule has 154 valence electrons. The lowest BCUT2D eigenvalue weighted by Crippen LogP contribution is -2.08. The standard InChI is InChI=1S/C16H14N2O9S2/c1-10(19)17-13-6-4-11(15(8-13)28(22,23)24)2-3-12-5-7-14(18(20)21)9-16(12)29(25,26)27/h2-9H,1H3,(H,17,19)(H,22,23,24)(H,25,26,27). The van der Waals surface area contributed by atoms with E-state index in [0.29, 0.717) is 6.07 Å². The van der Waals surface area contributed by atoms with Crippen LogP contribution in [0.4, 0.5) is 11.4 Å². The second kappa shape index (κ2) is 8.08. The molecule has 0 spiro atoms. The zero-order chi connectivity index (χ0) is 22.0. The van der Waals surface area contributed by atoms with Gasteiger partial charge in [-0.15, -0.1) is 0 Å². The predicted octanol–water partition coefficient (Wildman–Crippen LogP) is 2.22. The minimum atomic E-state index is -4.82. The van der Waals surface area contributed by atoms with Gasteiger partial charge in [0.25, 0.3) is 25.9 Å². The Labute approximate surface area is 165 Å². The molecule has 0 aliphatic rings. The second-order valence-corrected chi connectivity index (χ2v) is 8.48. The number of anilines is 1. The van der Waals surface area contributed by atoms with Gasteiger partial charge in [-0.25, -0.2) is 0 Å². The molecule has 0 fully saturated rings. The van der Waals surface area contributed by atoms with Crippen LogP contribution in [0.25, 0.3) is 12.2 Å². The summed E-state index contributed by atoms with van der Waals surface area (Å²) in [5.74, 6) is -0.474. The van der Waals surface area contributed by atoms with Crippen molar-refractivity contribution in [3.63, 3.8) is 0 Å². The molecule has 0 atom stereocenters. The lowest BCUT2D eigenvalue weighted by atomic mass is 10.1. The zero-order valence-corrected chi connectivity index (χ0v) is 16.3. The number of nitrogens with zero attached hydrogens (tertiary/aromatic N) is 1. The number of carbonyl (C=O) groups is 1. The van der Waals surface area contributed by atoms with E-state index >= 15 is 0 Å². The average Bonchev–Trinajstić information content (AvgIpc) is 2.58. The van der Waals surface area contributed by atoms with Gasteiger partial charge in [-0.3, -0.25) is 24.0 Å². The van der Waals surface area contributed by atoms with E-state index in [4.69, 9.17) is 0 Å². The summed E-state index contributed by atoms with van der Waals surface area (Å²) >= 11 is 0. The van der Waals surface area contributed by atoms with Crippen LogP contribution in [0.5, 0.6) is 0 Å². The minimum Gasteiger partial charge on any atom is -0.326 e. The van der Waals surface area contributed by atoms with Crippen molar-refractivity contribution in [1.29, 1.82) is 0 Å².